The van der Waals surface area contributed by atoms with Crippen LogP contribution < -0.4 is 11.1 Å². The summed E-state index contributed by atoms with van der Waals surface area (Å²) in [5.41, 5.74) is 6.09. The molecule has 0 radical (unpaired) electrons. The summed E-state index contributed by atoms with van der Waals surface area (Å²) in [4.78, 5) is 24.1. The summed E-state index contributed by atoms with van der Waals surface area (Å²) in [6, 6.07) is 1.25. The SMILES string of the molecule is NC(=O)NC(=O)CCCN1CCC(c2ccn[nH]2)CC1. The molecule has 1 aliphatic heterocycles. The predicted octanol–water partition coefficient (Wildman–Crippen LogP) is 0.564. The van der Waals surface area contributed by atoms with Crippen molar-refractivity contribution in [3.05, 3.63) is 18.0 Å². The number of primary amides is 1. The maximum absolute atomic E-state index is 11.3. The molecule has 7 heteroatoms. The highest BCUT2D eigenvalue weighted by Crippen LogP contribution is 2.26. The highest BCUT2D eigenvalue weighted by molar-refractivity contribution is 5.93. The fraction of sp³-hybridized carbons (Fsp3) is 0.615. The number of H-pyrrole nitrogens is 1. The molecular weight excluding hydrogens is 258 g/mol. The number of carbonyl (C=O) groups excluding carboxylic acids is 2. The highest BCUT2D eigenvalue weighted by atomic mass is 16.2. The number of rotatable bonds is 5. The molecular formula is C13H21N5O2. The topological polar surface area (TPSA) is 104 Å². The Bertz CT molecular complexity index is 438. The molecule has 1 aliphatic rings. The number of likely N-dealkylation sites (tertiary alicyclic amines) is 1. The lowest BCUT2D eigenvalue weighted by atomic mass is 9.93. The third-order valence-corrected chi connectivity index (χ3v) is 3.69. The highest BCUT2D eigenvalue weighted by Gasteiger charge is 2.21. The Morgan fingerprint density at radius 1 is 1.45 bits per heavy atom. The van der Waals surface area contributed by atoms with Gasteiger partial charge in [-0.2, -0.15) is 5.10 Å². The minimum absolute atomic E-state index is 0.301. The van der Waals surface area contributed by atoms with Crippen molar-refractivity contribution in [1.29, 1.82) is 0 Å². The number of aromatic nitrogens is 2. The molecule has 2 rings (SSSR count). The van der Waals surface area contributed by atoms with E-state index >= 15 is 0 Å². The number of nitrogens with zero attached hydrogens (tertiary/aromatic N) is 2. The number of piperidine rings is 1. The van der Waals surface area contributed by atoms with Crippen LogP contribution in [0.4, 0.5) is 4.79 Å². The van der Waals surface area contributed by atoms with Crippen LogP contribution in [0, 0.1) is 0 Å². The zero-order chi connectivity index (χ0) is 14.4. The maximum Gasteiger partial charge on any atom is 0.318 e. The number of nitrogens with two attached hydrogens (primary N) is 1. The lowest BCUT2D eigenvalue weighted by Gasteiger charge is -2.31. The first-order valence-corrected chi connectivity index (χ1v) is 6.96. The van der Waals surface area contributed by atoms with Gasteiger partial charge in [-0.15, -0.1) is 0 Å². The van der Waals surface area contributed by atoms with Crippen LogP contribution in [0.1, 0.15) is 37.3 Å². The average molecular weight is 279 g/mol. The van der Waals surface area contributed by atoms with Gasteiger partial charge < -0.3 is 10.6 Å². The fourth-order valence-electron chi connectivity index (χ4n) is 2.62. The smallest absolute Gasteiger partial charge is 0.318 e. The van der Waals surface area contributed by atoms with Crippen molar-refractivity contribution in [3.63, 3.8) is 0 Å². The average Bonchev–Trinajstić information content (AvgIpc) is 2.92. The Balaban J connectivity index is 1.62. The van der Waals surface area contributed by atoms with E-state index in [4.69, 9.17) is 5.73 Å². The Labute approximate surface area is 117 Å². The van der Waals surface area contributed by atoms with Gasteiger partial charge in [-0.1, -0.05) is 0 Å². The van der Waals surface area contributed by atoms with Crippen molar-refractivity contribution in [3.8, 4) is 0 Å². The van der Waals surface area contributed by atoms with Crippen LogP contribution in [-0.2, 0) is 4.79 Å². The summed E-state index contributed by atoms with van der Waals surface area (Å²) in [5, 5.41) is 9.10. The molecule has 0 aromatic carbocycles. The van der Waals surface area contributed by atoms with Crippen LogP contribution in [0.3, 0.4) is 0 Å². The number of urea groups is 1. The summed E-state index contributed by atoms with van der Waals surface area (Å²) >= 11 is 0. The molecule has 20 heavy (non-hydrogen) atoms. The van der Waals surface area contributed by atoms with Gasteiger partial charge in [-0.3, -0.25) is 15.2 Å². The zero-order valence-corrected chi connectivity index (χ0v) is 11.5. The molecule has 0 saturated carbocycles. The third-order valence-electron chi connectivity index (χ3n) is 3.69. The van der Waals surface area contributed by atoms with E-state index in [1.54, 1.807) is 6.20 Å². The van der Waals surface area contributed by atoms with Crippen molar-refractivity contribution >= 4 is 11.9 Å². The van der Waals surface area contributed by atoms with Crippen LogP contribution in [0.25, 0.3) is 0 Å². The zero-order valence-electron chi connectivity index (χ0n) is 11.5. The molecule has 1 aromatic rings. The number of nitrogens with one attached hydrogen (secondary N) is 2. The van der Waals surface area contributed by atoms with Crippen molar-refractivity contribution in [2.75, 3.05) is 19.6 Å². The number of amides is 3. The Morgan fingerprint density at radius 3 is 2.80 bits per heavy atom. The molecule has 1 saturated heterocycles. The lowest BCUT2D eigenvalue weighted by Crippen LogP contribution is -2.36. The first-order valence-electron chi connectivity index (χ1n) is 6.96. The molecule has 0 spiro atoms. The molecule has 0 aliphatic carbocycles. The van der Waals surface area contributed by atoms with Crippen molar-refractivity contribution in [2.24, 2.45) is 5.73 Å². The van der Waals surface area contributed by atoms with Gasteiger partial charge in [0, 0.05) is 24.2 Å². The molecule has 3 amide bonds. The number of hydrogen-bond acceptors (Lipinski definition) is 4. The van der Waals surface area contributed by atoms with E-state index in [1.807, 2.05) is 6.07 Å². The van der Waals surface area contributed by atoms with Crippen molar-refractivity contribution < 1.29 is 9.59 Å². The lowest BCUT2D eigenvalue weighted by molar-refractivity contribution is -0.120. The Hall–Kier alpha value is -1.89. The monoisotopic (exact) mass is 279 g/mol. The molecule has 0 unspecified atom stereocenters. The van der Waals surface area contributed by atoms with Gasteiger partial charge >= 0.3 is 6.03 Å². The van der Waals surface area contributed by atoms with Crippen LogP contribution in [0.5, 0.6) is 0 Å². The normalized spacial score (nSPS) is 17.0. The number of imide groups is 1. The van der Waals surface area contributed by atoms with Gasteiger partial charge in [0.25, 0.3) is 0 Å². The summed E-state index contributed by atoms with van der Waals surface area (Å²) in [7, 11) is 0. The van der Waals surface area contributed by atoms with E-state index in [9.17, 15) is 9.59 Å². The standard InChI is InChI=1S/C13H21N5O2/c14-13(20)16-12(19)2-1-7-18-8-4-10(5-9-18)11-3-6-15-17-11/h3,6,10H,1-2,4-5,7-9H2,(H,15,17)(H3,14,16,19,20). The second-order valence-corrected chi connectivity index (χ2v) is 5.14. The first kappa shape index (κ1) is 14.5. The Kier molecular flexibility index (Phi) is 5.11. The van der Waals surface area contributed by atoms with E-state index in [0.29, 0.717) is 12.3 Å². The molecule has 1 fully saturated rings. The second kappa shape index (κ2) is 7.04. The number of hydrogen-bond donors (Lipinski definition) is 3. The molecule has 0 bridgehead atoms. The van der Waals surface area contributed by atoms with Crippen molar-refractivity contribution in [2.45, 2.75) is 31.6 Å². The fourth-order valence-corrected chi connectivity index (χ4v) is 2.62. The van der Waals surface area contributed by atoms with E-state index < -0.39 is 6.03 Å². The van der Waals surface area contributed by atoms with E-state index in [0.717, 1.165) is 38.9 Å². The molecule has 110 valence electrons. The molecule has 7 nitrogen and oxygen atoms in total. The third kappa shape index (κ3) is 4.34. The quantitative estimate of drug-likeness (QED) is 0.732. The van der Waals surface area contributed by atoms with Gasteiger partial charge in [0.1, 0.15) is 0 Å². The van der Waals surface area contributed by atoms with Gasteiger partial charge in [-0.05, 0) is 45.0 Å². The van der Waals surface area contributed by atoms with Crippen molar-refractivity contribution in [1.82, 2.24) is 20.4 Å². The first-order chi connectivity index (χ1) is 9.65. The van der Waals surface area contributed by atoms with E-state index in [-0.39, 0.29) is 5.91 Å². The number of aromatic amines is 1. The van der Waals surface area contributed by atoms with Gasteiger partial charge in [0.15, 0.2) is 0 Å². The molecule has 2 heterocycles. The van der Waals surface area contributed by atoms with Crippen LogP contribution in [0.2, 0.25) is 0 Å². The van der Waals surface area contributed by atoms with Crippen LogP contribution >= 0.6 is 0 Å². The largest absolute Gasteiger partial charge is 0.351 e. The van der Waals surface area contributed by atoms with Crippen LogP contribution in [-0.4, -0.2) is 46.7 Å². The summed E-state index contributed by atoms with van der Waals surface area (Å²) < 4.78 is 0. The molecule has 4 N–H and O–H groups in total. The molecule has 0 atom stereocenters. The summed E-state index contributed by atoms with van der Waals surface area (Å²) in [6.45, 7) is 2.93. The molecule has 1 aromatic heterocycles. The Morgan fingerprint density at radius 2 is 2.20 bits per heavy atom. The predicted molar refractivity (Wildman–Crippen MR) is 74.0 cm³/mol. The summed E-state index contributed by atoms with van der Waals surface area (Å²) in [6.07, 6.45) is 5.08. The van der Waals surface area contributed by atoms with Gasteiger partial charge in [-0.25, -0.2) is 4.79 Å². The van der Waals surface area contributed by atoms with Crippen LogP contribution in [0.15, 0.2) is 12.3 Å². The minimum Gasteiger partial charge on any atom is -0.351 e. The van der Waals surface area contributed by atoms with Gasteiger partial charge in [0.2, 0.25) is 5.91 Å². The minimum atomic E-state index is -0.782. The van der Waals surface area contributed by atoms with E-state index in [1.165, 1.54) is 5.69 Å². The van der Waals surface area contributed by atoms with E-state index in [2.05, 4.69) is 20.4 Å². The van der Waals surface area contributed by atoms with Gasteiger partial charge in [0.05, 0.1) is 0 Å². The summed E-state index contributed by atoms with van der Waals surface area (Å²) in [5.74, 6) is 0.261. The number of carbonyl (C=O) groups is 2. The maximum atomic E-state index is 11.3. The second-order valence-electron chi connectivity index (χ2n) is 5.14.